The highest BCUT2D eigenvalue weighted by atomic mass is 35.5. The van der Waals surface area contributed by atoms with Crippen LogP contribution in [0.5, 0.6) is 0 Å². The van der Waals surface area contributed by atoms with Crippen molar-refractivity contribution in [2.45, 2.75) is 0 Å². The lowest BCUT2D eigenvalue weighted by atomic mass is 10.0. The number of hydrogen-bond donors (Lipinski definition) is 1. The molecule has 3 aromatic rings. The van der Waals surface area contributed by atoms with Gasteiger partial charge in [-0.05, 0) is 77.4 Å². The molecule has 4 rings (SSSR count). The molecule has 0 aromatic heterocycles. The molecule has 1 heterocycles. The predicted octanol–water partition coefficient (Wildman–Crippen LogP) is 6.15. The Morgan fingerprint density at radius 1 is 0.774 bits per heavy atom. The Balaban J connectivity index is 1.65. The molecule has 0 spiro atoms. The van der Waals surface area contributed by atoms with Crippen molar-refractivity contribution < 1.29 is 9.59 Å². The number of rotatable bonds is 3. The number of benzene rings is 3. The van der Waals surface area contributed by atoms with Gasteiger partial charge in [-0.25, -0.2) is 0 Å². The number of carbonyl (C=O) groups excluding carboxylic acids is 2. The van der Waals surface area contributed by atoms with E-state index in [0.717, 1.165) is 11.1 Å². The molecule has 0 atom stereocenters. The molecule has 1 saturated heterocycles. The smallest absolute Gasteiger partial charge is 0.270 e. The van der Waals surface area contributed by atoms with Crippen molar-refractivity contribution in [1.29, 1.82) is 0 Å². The first-order valence-corrected chi connectivity index (χ1v) is 10.6. The minimum Gasteiger partial charge on any atom is -0.298 e. The summed E-state index contributed by atoms with van der Waals surface area (Å²) in [5, 5.41) is 4.18. The Labute approximate surface area is 199 Å². The van der Waals surface area contributed by atoms with Gasteiger partial charge < -0.3 is 0 Å². The van der Waals surface area contributed by atoms with Crippen LogP contribution < -0.4 is 10.2 Å². The Kier molecular flexibility index (Phi) is 6.12. The normalized spacial score (nSPS) is 15.4. The second-order valence-electron chi connectivity index (χ2n) is 6.71. The summed E-state index contributed by atoms with van der Waals surface area (Å²) in [7, 11) is 0. The first kappa shape index (κ1) is 21.5. The number of carbonyl (C=O) groups is 2. The summed E-state index contributed by atoms with van der Waals surface area (Å²) in [4.78, 5) is 26.8. The highest BCUT2D eigenvalue weighted by Gasteiger charge is 2.34. The van der Waals surface area contributed by atoms with Crippen LogP contribution in [-0.2, 0) is 9.59 Å². The van der Waals surface area contributed by atoms with Crippen LogP contribution in [0.3, 0.4) is 0 Å². The molecule has 3 aromatic carbocycles. The summed E-state index contributed by atoms with van der Waals surface area (Å²) in [5.74, 6) is -1.06. The van der Waals surface area contributed by atoms with Crippen molar-refractivity contribution in [3.8, 4) is 11.1 Å². The summed E-state index contributed by atoms with van der Waals surface area (Å²) in [6, 6.07) is 19.2. The van der Waals surface area contributed by atoms with Gasteiger partial charge in [-0.2, -0.15) is 0 Å². The second kappa shape index (κ2) is 8.81. The van der Waals surface area contributed by atoms with Gasteiger partial charge in [0, 0.05) is 15.1 Å². The average molecular weight is 488 g/mol. The standard InChI is InChI=1S/C23H13Cl3N2O2S/c24-16-5-7-19(8-6-16)28-22(30)20(21(29)27-23(28)31)9-13-1-3-14(4-2-13)15-10-17(25)12-18(26)11-15/h1-12H,(H,27,29,31)/b20-9+. The van der Waals surface area contributed by atoms with E-state index in [1.807, 2.05) is 24.3 Å². The first-order chi connectivity index (χ1) is 14.8. The van der Waals surface area contributed by atoms with Crippen molar-refractivity contribution in [2.24, 2.45) is 0 Å². The highest BCUT2D eigenvalue weighted by Crippen LogP contribution is 2.28. The predicted molar refractivity (Wildman–Crippen MR) is 130 cm³/mol. The molecule has 8 heteroatoms. The number of halogens is 3. The van der Waals surface area contributed by atoms with Crippen molar-refractivity contribution >= 4 is 75.7 Å². The summed E-state index contributed by atoms with van der Waals surface area (Å²) in [5.41, 5.74) is 2.93. The van der Waals surface area contributed by atoms with E-state index in [1.54, 1.807) is 42.5 Å². The lowest BCUT2D eigenvalue weighted by Gasteiger charge is -2.28. The third-order valence-electron chi connectivity index (χ3n) is 4.60. The van der Waals surface area contributed by atoms with Gasteiger partial charge in [0.2, 0.25) is 0 Å². The number of amides is 2. The molecule has 1 aliphatic rings. The summed E-state index contributed by atoms with van der Waals surface area (Å²) < 4.78 is 0. The average Bonchev–Trinajstić information content (AvgIpc) is 2.72. The van der Waals surface area contributed by atoms with Crippen molar-refractivity contribution in [2.75, 3.05) is 4.90 Å². The fourth-order valence-electron chi connectivity index (χ4n) is 3.14. The zero-order valence-corrected chi connectivity index (χ0v) is 18.8. The van der Waals surface area contributed by atoms with Gasteiger partial charge >= 0.3 is 0 Å². The summed E-state index contributed by atoms with van der Waals surface area (Å²) in [6.07, 6.45) is 1.52. The number of nitrogens with zero attached hydrogens (tertiary/aromatic N) is 1. The van der Waals surface area contributed by atoms with Crippen LogP contribution in [0.15, 0.2) is 72.3 Å². The van der Waals surface area contributed by atoms with Crippen molar-refractivity contribution in [1.82, 2.24) is 5.32 Å². The van der Waals surface area contributed by atoms with E-state index in [-0.39, 0.29) is 10.7 Å². The summed E-state index contributed by atoms with van der Waals surface area (Å²) in [6.45, 7) is 0. The molecule has 4 nitrogen and oxygen atoms in total. The third kappa shape index (κ3) is 4.65. The van der Waals surface area contributed by atoms with Crippen molar-refractivity contribution in [3.05, 3.63) is 92.9 Å². The van der Waals surface area contributed by atoms with E-state index in [2.05, 4.69) is 5.32 Å². The molecular weight excluding hydrogens is 475 g/mol. The minimum absolute atomic E-state index is 0.0163. The van der Waals surface area contributed by atoms with Crippen LogP contribution in [0.1, 0.15) is 5.56 Å². The van der Waals surface area contributed by atoms with Gasteiger partial charge in [-0.3, -0.25) is 19.8 Å². The molecule has 31 heavy (non-hydrogen) atoms. The van der Waals surface area contributed by atoms with Gasteiger partial charge in [-0.1, -0.05) is 59.1 Å². The van der Waals surface area contributed by atoms with E-state index < -0.39 is 11.8 Å². The van der Waals surface area contributed by atoms with Gasteiger partial charge in [-0.15, -0.1) is 0 Å². The molecule has 0 bridgehead atoms. The molecule has 0 saturated carbocycles. The zero-order valence-electron chi connectivity index (χ0n) is 15.7. The molecule has 1 N–H and O–H groups in total. The van der Waals surface area contributed by atoms with E-state index >= 15 is 0 Å². The monoisotopic (exact) mass is 486 g/mol. The molecule has 154 valence electrons. The number of thiocarbonyl (C=S) groups is 1. The SMILES string of the molecule is O=C1NC(=S)N(c2ccc(Cl)cc2)C(=O)/C1=C/c1ccc(-c2cc(Cl)cc(Cl)c2)cc1. The molecule has 1 fully saturated rings. The molecule has 1 aliphatic heterocycles. The molecule has 0 unspecified atom stereocenters. The molecule has 2 amide bonds. The Morgan fingerprint density at radius 2 is 1.39 bits per heavy atom. The zero-order chi connectivity index (χ0) is 22.1. The fraction of sp³-hybridized carbons (Fsp3) is 0. The maximum absolute atomic E-state index is 13.0. The highest BCUT2D eigenvalue weighted by molar-refractivity contribution is 7.80. The van der Waals surface area contributed by atoms with Gasteiger partial charge in [0.15, 0.2) is 5.11 Å². The lowest BCUT2D eigenvalue weighted by Crippen LogP contribution is -2.54. The number of anilines is 1. The number of hydrogen-bond acceptors (Lipinski definition) is 3. The Bertz CT molecular complexity index is 1220. The first-order valence-electron chi connectivity index (χ1n) is 9.05. The van der Waals surface area contributed by atoms with E-state index in [0.29, 0.717) is 26.3 Å². The van der Waals surface area contributed by atoms with Gasteiger partial charge in [0.25, 0.3) is 11.8 Å². The number of nitrogens with one attached hydrogen (secondary N) is 1. The maximum atomic E-state index is 13.0. The van der Waals surface area contributed by atoms with Crippen LogP contribution in [0.25, 0.3) is 17.2 Å². The van der Waals surface area contributed by atoms with Gasteiger partial charge in [0.05, 0.1) is 5.69 Å². The van der Waals surface area contributed by atoms with E-state index in [9.17, 15) is 9.59 Å². The maximum Gasteiger partial charge on any atom is 0.270 e. The Hall–Kier alpha value is -2.70. The van der Waals surface area contributed by atoms with Crippen LogP contribution in [0.2, 0.25) is 15.1 Å². The Morgan fingerprint density at radius 3 is 2.00 bits per heavy atom. The van der Waals surface area contributed by atoms with Crippen LogP contribution in [-0.4, -0.2) is 16.9 Å². The fourth-order valence-corrected chi connectivity index (χ4v) is 4.07. The van der Waals surface area contributed by atoms with Crippen LogP contribution in [0.4, 0.5) is 5.69 Å². The van der Waals surface area contributed by atoms with Crippen molar-refractivity contribution in [3.63, 3.8) is 0 Å². The molecular formula is C23H13Cl3N2O2S. The quantitative estimate of drug-likeness (QED) is 0.274. The minimum atomic E-state index is -0.550. The van der Waals surface area contributed by atoms with Gasteiger partial charge in [0.1, 0.15) is 5.57 Å². The second-order valence-corrected chi connectivity index (χ2v) is 8.41. The molecule has 0 aliphatic carbocycles. The van der Waals surface area contributed by atoms with E-state index in [4.69, 9.17) is 47.0 Å². The summed E-state index contributed by atoms with van der Waals surface area (Å²) >= 11 is 23.3. The van der Waals surface area contributed by atoms with Crippen LogP contribution >= 0.6 is 47.0 Å². The lowest BCUT2D eigenvalue weighted by molar-refractivity contribution is -0.122. The topological polar surface area (TPSA) is 49.4 Å². The largest absolute Gasteiger partial charge is 0.298 e. The van der Waals surface area contributed by atoms with E-state index in [1.165, 1.54) is 11.0 Å². The third-order valence-corrected chi connectivity index (χ3v) is 5.58. The molecule has 0 radical (unpaired) electrons. The van der Waals surface area contributed by atoms with Crippen LogP contribution in [0, 0.1) is 0 Å².